The Labute approximate surface area is 130 Å². The fraction of sp³-hybridized carbons (Fsp3) is 0.688. The molecule has 1 aliphatic heterocycles. The maximum absolute atomic E-state index is 4.41. The molecule has 0 amide bonds. The maximum atomic E-state index is 4.41. The molecule has 0 unspecified atom stereocenters. The van der Waals surface area contributed by atoms with Crippen molar-refractivity contribution in [3.8, 4) is 0 Å². The molecule has 1 saturated heterocycles. The normalized spacial score (nSPS) is 23.6. The van der Waals surface area contributed by atoms with Crippen LogP contribution in [0.5, 0.6) is 0 Å². The van der Waals surface area contributed by atoms with Crippen LogP contribution in [0.4, 0.5) is 0 Å². The van der Waals surface area contributed by atoms with Crippen LogP contribution in [0.15, 0.2) is 22.9 Å². The molecule has 0 bridgehead atoms. The van der Waals surface area contributed by atoms with Gasteiger partial charge in [-0.05, 0) is 46.3 Å². The number of rotatable bonds is 3. The summed E-state index contributed by atoms with van der Waals surface area (Å²) in [5.74, 6) is 0.804. The minimum atomic E-state index is 0.558. The summed E-state index contributed by atoms with van der Waals surface area (Å²) in [6.07, 6.45) is 10.9. The van der Waals surface area contributed by atoms with Gasteiger partial charge in [-0.1, -0.05) is 19.3 Å². The predicted molar refractivity (Wildman–Crippen MR) is 85.7 cm³/mol. The van der Waals surface area contributed by atoms with Crippen molar-refractivity contribution in [2.45, 2.75) is 38.1 Å². The van der Waals surface area contributed by atoms with Crippen LogP contribution in [0, 0.1) is 5.92 Å². The highest BCUT2D eigenvalue weighted by atomic mass is 79.9. The summed E-state index contributed by atoms with van der Waals surface area (Å²) in [7, 11) is 0. The molecule has 1 saturated carbocycles. The molecule has 1 aromatic heterocycles. The van der Waals surface area contributed by atoms with Gasteiger partial charge in [-0.3, -0.25) is 9.88 Å². The van der Waals surface area contributed by atoms with Gasteiger partial charge in [0.2, 0.25) is 0 Å². The molecule has 3 rings (SSSR count). The highest BCUT2D eigenvalue weighted by Gasteiger charge is 2.31. The molecule has 1 aliphatic carbocycles. The van der Waals surface area contributed by atoms with E-state index < -0.39 is 0 Å². The van der Waals surface area contributed by atoms with Crippen LogP contribution in [0.1, 0.15) is 43.7 Å². The zero-order valence-corrected chi connectivity index (χ0v) is 13.6. The molecular weight excluding hydrogens is 314 g/mol. The van der Waals surface area contributed by atoms with E-state index >= 15 is 0 Å². The first-order valence-electron chi connectivity index (χ1n) is 7.90. The molecule has 2 fully saturated rings. The van der Waals surface area contributed by atoms with Crippen LogP contribution in [0.25, 0.3) is 0 Å². The number of hydrogen-bond donors (Lipinski definition) is 1. The van der Waals surface area contributed by atoms with Crippen LogP contribution in [0.2, 0.25) is 0 Å². The number of halogens is 1. The van der Waals surface area contributed by atoms with E-state index in [0.717, 1.165) is 36.6 Å². The van der Waals surface area contributed by atoms with Crippen LogP contribution in [-0.2, 0) is 0 Å². The van der Waals surface area contributed by atoms with Crippen molar-refractivity contribution in [3.05, 3.63) is 28.5 Å². The van der Waals surface area contributed by atoms with Crippen molar-refractivity contribution in [3.63, 3.8) is 0 Å². The predicted octanol–water partition coefficient (Wildman–Crippen LogP) is 3.37. The van der Waals surface area contributed by atoms with E-state index in [1.165, 1.54) is 37.7 Å². The van der Waals surface area contributed by atoms with Crippen LogP contribution >= 0.6 is 15.9 Å². The minimum Gasteiger partial charge on any atom is -0.314 e. The highest BCUT2D eigenvalue weighted by molar-refractivity contribution is 9.10. The zero-order chi connectivity index (χ0) is 13.8. The second-order valence-electron chi connectivity index (χ2n) is 6.07. The van der Waals surface area contributed by atoms with Gasteiger partial charge >= 0.3 is 0 Å². The van der Waals surface area contributed by atoms with E-state index in [1.54, 1.807) is 0 Å². The summed E-state index contributed by atoms with van der Waals surface area (Å²) in [4.78, 5) is 7.08. The number of nitrogens with one attached hydrogen (secondary N) is 1. The van der Waals surface area contributed by atoms with Gasteiger partial charge in [-0.2, -0.15) is 0 Å². The quantitative estimate of drug-likeness (QED) is 0.916. The number of piperazine rings is 1. The van der Waals surface area contributed by atoms with E-state index in [9.17, 15) is 0 Å². The van der Waals surface area contributed by atoms with E-state index in [4.69, 9.17) is 0 Å². The fourth-order valence-corrected chi connectivity index (χ4v) is 4.16. The number of nitrogens with zero attached hydrogens (tertiary/aromatic N) is 2. The fourth-order valence-electron chi connectivity index (χ4n) is 3.78. The number of pyridine rings is 1. The number of hydrogen-bond acceptors (Lipinski definition) is 3. The molecule has 3 nitrogen and oxygen atoms in total. The summed E-state index contributed by atoms with van der Waals surface area (Å²) in [6.45, 7) is 4.55. The first-order chi connectivity index (χ1) is 9.84. The van der Waals surface area contributed by atoms with Crippen molar-refractivity contribution in [2.75, 3.05) is 26.2 Å². The summed E-state index contributed by atoms with van der Waals surface area (Å²) in [6, 6.07) is 2.83. The SMILES string of the molecule is Brc1cncc([C@H](C2CCCCC2)N2CCNCC2)c1. The highest BCUT2D eigenvalue weighted by Crippen LogP contribution is 2.38. The Morgan fingerprint density at radius 1 is 1.15 bits per heavy atom. The average molecular weight is 338 g/mol. The minimum absolute atomic E-state index is 0.558. The second kappa shape index (κ2) is 7.01. The van der Waals surface area contributed by atoms with Gasteiger partial charge < -0.3 is 5.32 Å². The molecule has 20 heavy (non-hydrogen) atoms. The van der Waals surface area contributed by atoms with Crippen molar-refractivity contribution in [1.29, 1.82) is 0 Å². The summed E-state index contributed by atoms with van der Waals surface area (Å²) < 4.78 is 1.10. The Balaban J connectivity index is 1.85. The van der Waals surface area contributed by atoms with E-state index in [1.807, 2.05) is 6.20 Å². The average Bonchev–Trinajstić information content (AvgIpc) is 2.50. The Kier molecular flexibility index (Phi) is 5.08. The van der Waals surface area contributed by atoms with Crippen LogP contribution in [0.3, 0.4) is 0 Å². The first-order valence-corrected chi connectivity index (χ1v) is 8.69. The smallest absolute Gasteiger partial charge is 0.0410 e. The largest absolute Gasteiger partial charge is 0.314 e. The van der Waals surface area contributed by atoms with Gasteiger partial charge in [0, 0.05) is 49.1 Å². The molecule has 110 valence electrons. The third-order valence-electron chi connectivity index (χ3n) is 4.71. The molecule has 1 N–H and O–H groups in total. The molecule has 0 spiro atoms. The van der Waals surface area contributed by atoms with E-state index in [0.29, 0.717) is 6.04 Å². The Morgan fingerprint density at radius 3 is 2.60 bits per heavy atom. The van der Waals surface area contributed by atoms with Gasteiger partial charge in [0.15, 0.2) is 0 Å². The lowest BCUT2D eigenvalue weighted by Crippen LogP contribution is -2.47. The molecule has 0 aromatic carbocycles. The molecule has 1 atom stereocenters. The van der Waals surface area contributed by atoms with Crippen LogP contribution in [-0.4, -0.2) is 36.1 Å². The molecule has 0 radical (unpaired) electrons. The van der Waals surface area contributed by atoms with Crippen molar-refractivity contribution in [1.82, 2.24) is 15.2 Å². The Hall–Kier alpha value is -0.450. The van der Waals surface area contributed by atoms with Crippen molar-refractivity contribution < 1.29 is 0 Å². The zero-order valence-electron chi connectivity index (χ0n) is 12.0. The molecular formula is C16H24BrN3. The van der Waals surface area contributed by atoms with Crippen molar-refractivity contribution >= 4 is 15.9 Å². The maximum Gasteiger partial charge on any atom is 0.0410 e. The molecule has 1 aromatic rings. The van der Waals surface area contributed by atoms with E-state index in [2.05, 4.69) is 43.4 Å². The lowest BCUT2D eigenvalue weighted by atomic mass is 9.80. The van der Waals surface area contributed by atoms with Gasteiger partial charge in [0.25, 0.3) is 0 Å². The van der Waals surface area contributed by atoms with Gasteiger partial charge in [0.05, 0.1) is 0 Å². The molecule has 4 heteroatoms. The first kappa shape index (κ1) is 14.5. The van der Waals surface area contributed by atoms with Gasteiger partial charge in [0.1, 0.15) is 0 Å². The third kappa shape index (κ3) is 3.41. The van der Waals surface area contributed by atoms with Gasteiger partial charge in [-0.25, -0.2) is 0 Å². The van der Waals surface area contributed by atoms with Crippen LogP contribution < -0.4 is 5.32 Å². The lowest BCUT2D eigenvalue weighted by molar-refractivity contribution is 0.103. The topological polar surface area (TPSA) is 28.2 Å². The monoisotopic (exact) mass is 337 g/mol. The molecule has 2 heterocycles. The summed E-state index contributed by atoms with van der Waals surface area (Å²) >= 11 is 3.59. The third-order valence-corrected chi connectivity index (χ3v) is 5.14. The summed E-state index contributed by atoms with van der Waals surface area (Å²) in [5, 5.41) is 3.47. The number of aromatic nitrogens is 1. The summed E-state index contributed by atoms with van der Waals surface area (Å²) in [5.41, 5.74) is 1.40. The Morgan fingerprint density at radius 2 is 1.90 bits per heavy atom. The molecule has 2 aliphatic rings. The lowest BCUT2D eigenvalue weighted by Gasteiger charge is -2.41. The second-order valence-corrected chi connectivity index (χ2v) is 6.98. The van der Waals surface area contributed by atoms with E-state index in [-0.39, 0.29) is 0 Å². The van der Waals surface area contributed by atoms with Crippen molar-refractivity contribution in [2.24, 2.45) is 5.92 Å². The standard InChI is InChI=1S/C16H24BrN3/c17-15-10-14(11-19-12-15)16(13-4-2-1-3-5-13)20-8-6-18-7-9-20/h10-13,16,18H,1-9H2/t16-/m0/s1. The van der Waals surface area contributed by atoms with Gasteiger partial charge in [-0.15, -0.1) is 0 Å². The Bertz CT molecular complexity index is 407.